The SMILES string of the molecule is C=CC(C)(C)CC(C)(C)c1ccccc1.CC. The molecular formula is C17H28. The molecule has 17 heavy (non-hydrogen) atoms. The van der Waals surface area contributed by atoms with Gasteiger partial charge in [0.15, 0.2) is 0 Å². The fourth-order valence-corrected chi connectivity index (χ4v) is 2.20. The molecule has 0 aliphatic rings. The van der Waals surface area contributed by atoms with Gasteiger partial charge >= 0.3 is 0 Å². The van der Waals surface area contributed by atoms with Crippen LogP contribution in [0.15, 0.2) is 43.0 Å². The largest absolute Gasteiger partial charge is 0.103 e. The highest BCUT2D eigenvalue weighted by Gasteiger charge is 2.27. The average molecular weight is 232 g/mol. The molecule has 0 aromatic heterocycles. The van der Waals surface area contributed by atoms with Crippen molar-refractivity contribution in [2.45, 2.75) is 53.4 Å². The maximum atomic E-state index is 3.91. The van der Waals surface area contributed by atoms with Crippen molar-refractivity contribution >= 4 is 0 Å². The molecule has 0 atom stereocenters. The van der Waals surface area contributed by atoms with Gasteiger partial charge in [-0.1, -0.05) is 78.0 Å². The Morgan fingerprint density at radius 3 is 1.88 bits per heavy atom. The minimum atomic E-state index is 0.194. The molecule has 0 radical (unpaired) electrons. The topological polar surface area (TPSA) is 0 Å². The number of hydrogen-bond acceptors (Lipinski definition) is 0. The molecule has 0 N–H and O–H groups in total. The van der Waals surface area contributed by atoms with E-state index in [1.807, 2.05) is 13.8 Å². The van der Waals surface area contributed by atoms with Crippen molar-refractivity contribution in [3.05, 3.63) is 48.6 Å². The Bertz CT molecular complexity index is 317. The predicted octanol–water partition coefficient (Wildman–Crippen LogP) is 5.59. The zero-order valence-electron chi connectivity index (χ0n) is 12.4. The third-order valence-corrected chi connectivity index (χ3v) is 3.01. The zero-order chi connectivity index (χ0) is 13.5. The first-order valence-corrected chi connectivity index (χ1v) is 6.56. The molecule has 0 saturated carbocycles. The summed E-state index contributed by atoms with van der Waals surface area (Å²) in [4.78, 5) is 0. The molecule has 0 aliphatic heterocycles. The van der Waals surface area contributed by atoms with Crippen LogP contribution in [0.25, 0.3) is 0 Å². The molecule has 0 heterocycles. The number of benzene rings is 1. The quantitative estimate of drug-likeness (QED) is 0.593. The van der Waals surface area contributed by atoms with Crippen LogP contribution < -0.4 is 0 Å². The van der Waals surface area contributed by atoms with Gasteiger partial charge in [0.1, 0.15) is 0 Å². The summed E-state index contributed by atoms with van der Waals surface area (Å²) in [6.07, 6.45) is 3.17. The molecule has 1 rings (SSSR count). The fourth-order valence-electron chi connectivity index (χ4n) is 2.20. The minimum absolute atomic E-state index is 0.194. The van der Waals surface area contributed by atoms with E-state index in [0.29, 0.717) is 0 Å². The van der Waals surface area contributed by atoms with E-state index in [1.165, 1.54) is 5.56 Å². The summed E-state index contributed by atoms with van der Waals surface area (Å²) in [5, 5.41) is 0. The molecule has 0 saturated heterocycles. The predicted molar refractivity (Wildman–Crippen MR) is 79.4 cm³/mol. The summed E-state index contributed by atoms with van der Waals surface area (Å²) in [7, 11) is 0. The van der Waals surface area contributed by atoms with Crippen LogP contribution in [0.1, 0.15) is 53.5 Å². The summed E-state index contributed by atoms with van der Waals surface area (Å²) in [6, 6.07) is 10.7. The Labute approximate surface area is 108 Å². The molecular weight excluding hydrogens is 204 g/mol. The standard InChI is InChI=1S/C15H22.C2H6/c1-6-14(2,3)12-15(4,5)13-10-8-7-9-11-13;1-2/h6-11H,1,12H2,2-5H3;1-2H3. The van der Waals surface area contributed by atoms with Gasteiger partial charge in [0, 0.05) is 0 Å². The highest BCUT2D eigenvalue weighted by atomic mass is 14.3. The summed E-state index contributed by atoms with van der Waals surface area (Å²) in [5.74, 6) is 0. The van der Waals surface area contributed by atoms with Crippen molar-refractivity contribution in [1.82, 2.24) is 0 Å². The second-order valence-corrected chi connectivity index (χ2v) is 5.62. The monoisotopic (exact) mass is 232 g/mol. The Balaban J connectivity index is 0.00000121. The molecule has 0 fully saturated rings. The molecule has 0 nitrogen and oxygen atoms in total. The molecule has 96 valence electrons. The smallest absolute Gasteiger partial charge is 0.00955 e. The van der Waals surface area contributed by atoms with Crippen LogP contribution >= 0.6 is 0 Å². The van der Waals surface area contributed by atoms with Gasteiger partial charge in [0.2, 0.25) is 0 Å². The van der Waals surface area contributed by atoms with E-state index in [-0.39, 0.29) is 10.8 Å². The van der Waals surface area contributed by atoms with E-state index in [0.717, 1.165) is 6.42 Å². The normalized spacial score (nSPS) is 11.4. The van der Waals surface area contributed by atoms with E-state index >= 15 is 0 Å². The lowest BCUT2D eigenvalue weighted by molar-refractivity contribution is 0.322. The van der Waals surface area contributed by atoms with Gasteiger partial charge in [-0.2, -0.15) is 0 Å². The van der Waals surface area contributed by atoms with Gasteiger partial charge < -0.3 is 0 Å². The number of allylic oxidation sites excluding steroid dienone is 1. The van der Waals surface area contributed by atoms with Crippen molar-refractivity contribution in [2.24, 2.45) is 5.41 Å². The van der Waals surface area contributed by atoms with Crippen LogP contribution in [0, 0.1) is 5.41 Å². The molecule has 0 heteroatoms. The van der Waals surface area contributed by atoms with Crippen molar-refractivity contribution in [3.8, 4) is 0 Å². The Hall–Kier alpha value is -1.04. The molecule has 0 bridgehead atoms. The maximum absolute atomic E-state index is 3.91. The zero-order valence-corrected chi connectivity index (χ0v) is 12.4. The molecule has 1 aromatic carbocycles. The number of rotatable bonds is 4. The first-order chi connectivity index (χ1) is 7.87. The maximum Gasteiger partial charge on any atom is -0.00955 e. The van der Waals surface area contributed by atoms with E-state index in [1.54, 1.807) is 0 Å². The summed E-state index contributed by atoms with van der Waals surface area (Å²) < 4.78 is 0. The van der Waals surface area contributed by atoms with Gasteiger partial charge in [-0.25, -0.2) is 0 Å². The van der Waals surface area contributed by atoms with Gasteiger partial charge in [-0.05, 0) is 22.8 Å². The Kier molecular flexibility index (Phi) is 6.23. The second-order valence-electron chi connectivity index (χ2n) is 5.62. The molecule has 0 unspecified atom stereocenters. The van der Waals surface area contributed by atoms with Crippen LogP contribution in [-0.4, -0.2) is 0 Å². The average Bonchev–Trinajstić information content (AvgIpc) is 2.32. The minimum Gasteiger partial charge on any atom is -0.103 e. The van der Waals surface area contributed by atoms with Crippen molar-refractivity contribution in [2.75, 3.05) is 0 Å². The Morgan fingerprint density at radius 2 is 1.47 bits per heavy atom. The molecule has 0 spiro atoms. The fraction of sp³-hybridized carbons (Fsp3) is 0.529. The first kappa shape index (κ1) is 16.0. The van der Waals surface area contributed by atoms with Crippen molar-refractivity contribution < 1.29 is 0 Å². The van der Waals surface area contributed by atoms with Crippen LogP contribution in [0.3, 0.4) is 0 Å². The van der Waals surface area contributed by atoms with Crippen molar-refractivity contribution in [3.63, 3.8) is 0 Å². The first-order valence-electron chi connectivity index (χ1n) is 6.56. The van der Waals surface area contributed by atoms with Gasteiger partial charge in [-0.15, -0.1) is 6.58 Å². The Morgan fingerprint density at radius 1 is 1.00 bits per heavy atom. The highest BCUT2D eigenvalue weighted by Crippen LogP contribution is 2.36. The molecule has 0 amide bonds. The third-order valence-electron chi connectivity index (χ3n) is 3.01. The number of hydrogen-bond donors (Lipinski definition) is 0. The van der Waals surface area contributed by atoms with Gasteiger partial charge in [0.25, 0.3) is 0 Å². The summed E-state index contributed by atoms with van der Waals surface area (Å²) in [5.41, 5.74) is 1.80. The molecule has 1 aromatic rings. The van der Waals surface area contributed by atoms with E-state index in [4.69, 9.17) is 0 Å². The van der Waals surface area contributed by atoms with Crippen LogP contribution in [0.2, 0.25) is 0 Å². The summed E-state index contributed by atoms with van der Waals surface area (Å²) >= 11 is 0. The lowest BCUT2D eigenvalue weighted by Gasteiger charge is -2.33. The van der Waals surface area contributed by atoms with E-state index in [9.17, 15) is 0 Å². The second kappa shape index (κ2) is 6.64. The lowest BCUT2D eigenvalue weighted by atomic mass is 9.71. The van der Waals surface area contributed by atoms with Gasteiger partial charge in [-0.3, -0.25) is 0 Å². The molecule has 0 aliphatic carbocycles. The van der Waals surface area contributed by atoms with Crippen LogP contribution in [0.5, 0.6) is 0 Å². The van der Waals surface area contributed by atoms with E-state index < -0.39 is 0 Å². The highest BCUT2D eigenvalue weighted by molar-refractivity contribution is 5.24. The third kappa shape index (κ3) is 5.21. The lowest BCUT2D eigenvalue weighted by Crippen LogP contribution is -2.25. The van der Waals surface area contributed by atoms with E-state index in [2.05, 4.69) is 70.7 Å². The summed E-state index contributed by atoms with van der Waals surface area (Å²) in [6.45, 7) is 17.0. The van der Waals surface area contributed by atoms with Crippen molar-refractivity contribution in [1.29, 1.82) is 0 Å². The van der Waals surface area contributed by atoms with Crippen LogP contribution in [-0.2, 0) is 5.41 Å². The van der Waals surface area contributed by atoms with Gasteiger partial charge in [0.05, 0.1) is 0 Å². The van der Waals surface area contributed by atoms with Crippen LogP contribution in [0.4, 0.5) is 0 Å².